The van der Waals surface area contributed by atoms with Gasteiger partial charge in [0.2, 0.25) is 0 Å². The normalized spacial score (nSPS) is 22.7. The highest BCUT2D eigenvalue weighted by molar-refractivity contribution is 6.35. The van der Waals surface area contributed by atoms with Crippen LogP contribution in [0.4, 0.5) is 5.69 Å². The van der Waals surface area contributed by atoms with E-state index >= 15 is 0 Å². The largest absolute Gasteiger partial charge is 0.368 e. The molecule has 6 heteroatoms. The van der Waals surface area contributed by atoms with Gasteiger partial charge in [-0.05, 0) is 31.0 Å². The zero-order chi connectivity index (χ0) is 14.8. The van der Waals surface area contributed by atoms with E-state index in [2.05, 4.69) is 4.90 Å². The van der Waals surface area contributed by atoms with Crippen molar-refractivity contribution in [2.75, 3.05) is 37.7 Å². The lowest BCUT2D eigenvalue weighted by atomic mass is 10.2. The van der Waals surface area contributed by atoms with Crippen LogP contribution in [0, 0.1) is 0 Å². The van der Waals surface area contributed by atoms with Crippen molar-refractivity contribution in [1.29, 1.82) is 0 Å². The highest BCUT2D eigenvalue weighted by Gasteiger charge is 2.30. The lowest BCUT2D eigenvalue weighted by Gasteiger charge is -2.37. The van der Waals surface area contributed by atoms with Crippen LogP contribution in [0.1, 0.15) is 12.8 Å². The van der Waals surface area contributed by atoms with Gasteiger partial charge in [-0.3, -0.25) is 4.79 Å². The molecule has 0 aromatic heterocycles. The van der Waals surface area contributed by atoms with E-state index in [1.165, 1.54) is 0 Å². The number of carbonyl (C=O) groups is 1. The molecule has 1 aromatic rings. The first-order chi connectivity index (χ1) is 10.1. The maximum atomic E-state index is 12.3. The van der Waals surface area contributed by atoms with E-state index in [0.717, 1.165) is 31.6 Å². The Kier molecular flexibility index (Phi) is 4.57. The number of hydrogen-bond donors (Lipinski definition) is 0. The monoisotopic (exact) mass is 328 g/mol. The molecule has 0 spiro atoms. The number of amides is 1. The molecule has 0 N–H and O–H groups in total. The molecule has 4 nitrogen and oxygen atoms in total. The molecule has 21 heavy (non-hydrogen) atoms. The van der Waals surface area contributed by atoms with Gasteiger partial charge in [-0.25, -0.2) is 0 Å². The summed E-state index contributed by atoms with van der Waals surface area (Å²) in [5, 5.41) is 1.37. The van der Waals surface area contributed by atoms with Crippen molar-refractivity contribution in [3.05, 3.63) is 28.2 Å². The minimum absolute atomic E-state index is 0.129. The van der Waals surface area contributed by atoms with Crippen LogP contribution in [-0.4, -0.2) is 49.7 Å². The van der Waals surface area contributed by atoms with Gasteiger partial charge < -0.3 is 14.5 Å². The second-order valence-electron chi connectivity index (χ2n) is 5.41. The molecule has 2 aliphatic heterocycles. The van der Waals surface area contributed by atoms with E-state index in [1.807, 2.05) is 17.0 Å². The average Bonchev–Trinajstić information content (AvgIpc) is 3.03. The number of carbonyl (C=O) groups excluding carboxylic acids is 1. The third-order valence-corrected chi connectivity index (χ3v) is 4.60. The van der Waals surface area contributed by atoms with E-state index in [-0.39, 0.29) is 12.0 Å². The second kappa shape index (κ2) is 6.42. The van der Waals surface area contributed by atoms with E-state index in [1.54, 1.807) is 6.07 Å². The van der Waals surface area contributed by atoms with Crippen LogP contribution in [0.2, 0.25) is 10.0 Å². The Morgan fingerprint density at radius 3 is 2.62 bits per heavy atom. The SMILES string of the molecule is O=C(C1CCCO1)N1CCN(c2cc(Cl)ccc2Cl)CC1. The quantitative estimate of drug-likeness (QED) is 0.836. The van der Waals surface area contributed by atoms with E-state index < -0.39 is 0 Å². The molecule has 1 amide bonds. The van der Waals surface area contributed by atoms with Crippen LogP contribution in [-0.2, 0) is 9.53 Å². The van der Waals surface area contributed by atoms with Gasteiger partial charge in [0.05, 0.1) is 10.7 Å². The van der Waals surface area contributed by atoms with E-state index in [9.17, 15) is 4.79 Å². The smallest absolute Gasteiger partial charge is 0.251 e. The van der Waals surface area contributed by atoms with Crippen molar-refractivity contribution < 1.29 is 9.53 Å². The molecule has 2 aliphatic rings. The first-order valence-corrected chi connectivity index (χ1v) is 8.01. The Bertz CT molecular complexity index is 524. The number of nitrogens with zero attached hydrogens (tertiary/aromatic N) is 2. The van der Waals surface area contributed by atoms with Crippen molar-refractivity contribution in [3.63, 3.8) is 0 Å². The number of hydrogen-bond acceptors (Lipinski definition) is 3. The number of rotatable bonds is 2. The number of benzene rings is 1. The average molecular weight is 329 g/mol. The summed E-state index contributed by atoms with van der Waals surface area (Å²) in [5.74, 6) is 0.129. The van der Waals surface area contributed by atoms with Gasteiger partial charge in [-0.1, -0.05) is 23.2 Å². The molecule has 3 rings (SSSR count). The minimum atomic E-state index is -0.230. The van der Waals surface area contributed by atoms with Crippen LogP contribution in [0.25, 0.3) is 0 Å². The van der Waals surface area contributed by atoms with Crippen LogP contribution < -0.4 is 4.90 Å². The molecule has 1 aromatic carbocycles. The zero-order valence-electron chi connectivity index (χ0n) is 11.7. The maximum Gasteiger partial charge on any atom is 0.251 e. The molecule has 1 atom stereocenters. The zero-order valence-corrected chi connectivity index (χ0v) is 13.2. The standard InChI is InChI=1S/C15H18Cl2N2O2/c16-11-3-4-12(17)13(10-11)18-5-7-19(8-6-18)15(20)14-2-1-9-21-14/h3-4,10,14H,1-2,5-9H2. The number of ether oxygens (including phenoxy) is 1. The summed E-state index contributed by atoms with van der Waals surface area (Å²) in [6, 6.07) is 5.47. The minimum Gasteiger partial charge on any atom is -0.368 e. The molecular formula is C15H18Cl2N2O2. The molecule has 0 saturated carbocycles. The first-order valence-electron chi connectivity index (χ1n) is 7.25. The van der Waals surface area contributed by atoms with Crippen LogP contribution in [0.15, 0.2) is 18.2 Å². The Labute approximate surface area is 134 Å². The maximum absolute atomic E-state index is 12.3. The van der Waals surface area contributed by atoms with Gasteiger partial charge in [0.25, 0.3) is 5.91 Å². The molecule has 2 heterocycles. The molecular weight excluding hydrogens is 311 g/mol. The topological polar surface area (TPSA) is 32.8 Å². The highest BCUT2D eigenvalue weighted by Crippen LogP contribution is 2.30. The summed E-state index contributed by atoms with van der Waals surface area (Å²) in [7, 11) is 0. The number of piperazine rings is 1. The van der Waals surface area contributed by atoms with Crippen molar-refractivity contribution in [2.45, 2.75) is 18.9 Å². The van der Waals surface area contributed by atoms with Crippen LogP contribution in [0.5, 0.6) is 0 Å². The predicted octanol–water partition coefficient (Wildman–Crippen LogP) is 2.82. The van der Waals surface area contributed by atoms with Gasteiger partial charge in [0.1, 0.15) is 6.10 Å². The van der Waals surface area contributed by atoms with Gasteiger partial charge in [-0.15, -0.1) is 0 Å². The van der Waals surface area contributed by atoms with Gasteiger partial charge in [0, 0.05) is 37.8 Å². The summed E-state index contributed by atoms with van der Waals surface area (Å²) in [5.41, 5.74) is 0.938. The summed E-state index contributed by atoms with van der Waals surface area (Å²) in [6.07, 6.45) is 1.60. The van der Waals surface area contributed by atoms with Crippen molar-refractivity contribution >= 4 is 34.8 Å². The Morgan fingerprint density at radius 1 is 1.19 bits per heavy atom. The fourth-order valence-corrected chi connectivity index (χ4v) is 3.28. The van der Waals surface area contributed by atoms with Crippen molar-refractivity contribution in [3.8, 4) is 0 Å². The summed E-state index contributed by atoms with van der Waals surface area (Å²) >= 11 is 12.3. The molecule has 0 bridgehead atoms. The van der Waals surface area contributed by atoms with Gasteiger partial charge in [-0.2, -0.15) is 0 Å². The Hall–Kier alpha value is -0.970. The van der Waals surface area contributed by atoms with E-state index in [0.29, 0.717) is 29.7 Å². The molecule has 0 aliphatic carbocycles. The lowest BCUT2D eigenvalue weighted by Crippen LogP contribution is -2.51. The summed E-state index contributed by atoms with van der Waals surface area (Å²) in [6.45, 7) is 3.62. The second-order valence-corrected chi connectivity index (χ2v) is 6.25. The summed E-state index contributed by atoms with van der Waals surface area (Å²) < 4.78 is 5.47. The molecule has 0 radical (unpaired) electrons. The van der Waals surface area contributed by atoms with Crippen LogP contribution >= 0.6 is 23.2 Å². The third-order valence-electron chi connectivity index (χ3n) is 4.05. The highest BCUT2D eigenvalue weighted by atomic mass is 35.5. The third kappa shape index (κ3) is 3.28. The predicted molar refractivity (Wildman–Crippen MR) is 84.2 cm³/mol. The fourth-order valence-electron chi connectivity index (χ4n) is 2.87. The Balaban J connectivity index is 1.62. The first kappa shape index (κ1) is 14.9. The molecule has 1 unspecified atom stereocenters. The van der Waals surface area contributed by atoms with Crippen LogP contribution in [0.3, 0.4) is 0 Å². The fraction of sp³-hybridized carbons (Fsp3) is 0.533. The van der Waals surface area contributed by atoms with E-state index in [4.69, 9.17) is 27.9 Å². The molecule has 2 fully saturated rings. The number of halogens is 2. The lowest BCUT2D eigenvalue weighted by molar-refractivity contribution is -0.141. The molecule has 2 saturated heterocycles. The number of anilines is 1. The van der Waals surface area contributed by atoms with Gasteiger partial charge >= 0.3 is 0 Å². The van der Waals surface area contributed by atoms with Crippen molar-refractivity contribution in [1.82, 2.24) is 4.90 Å². The Morgan fingerprint density at radius 2 is 1.95 bits per heavy atom. The summed E-state index contributed by atoms with van der Waals surface area (Å²) in [4.78, 5) is 16.4. The van der Waals surface area contributed by atoms with Crippen molar-refractivity contribution in [2.24, 2.45) is 0 Å². The van der Waals surface area contributed by atoms with Gasteiger partial charge in [0.15, 0.2) is 0 Å². The molecule has 114 valence electrons.